The molecule has 5 nitrogen and oxygen atoms in total. The van der Waals surface area contributed by atoms with E-state index in [0.717, 1.165) is 18.7 Å². The van der Waals surface area contributed by atoms with Crippen molar-refractivity contribution in [2.75, 3.05) is 26.7 Å². The highest BCUT2D eigenvalue weighted by Crippen LogP contribution is 2.25. The van der Waals surface area contributed by atoms with Gasteiger partial charge in [-0.25, -0.2) is 0 Å². The third kappa shape index (κ3) is 3.37. The van der Waals surface area contributed by atoms with Gasteiger partial charge in [-0.3, -0.25) is 9.69 Å². The van der Waals surface area contributed by atoms with Crippen molar-refractivity contribution in [1.82, 2.24) is 10.2 Å². The molecule has 0 spiro atoms. The van der Waals surface area contributed by atoms with E-state index < -0.39 is 0 Å². The summed E-state index contributed by atoms with van der Waals surface area (Å²) >= 11 is 6.10. The summed E-state index contributed by atoms with van der Waals surface area (Å²) in [4.78, 5) is 13.5. The average Bonchev–Trinajstić information content (AvgIpc) is 2.39. The van der Waals surface area contributed by atoms with Crippen LogP contribution in [0.4, 0.5) is 0 Å². The molecule has 3 N–H and O–H groups in total. The fourth-order valence-electron chi connectivity index (χ4n) is 2.26. The summed E-state index contributed by atoms with van der Waals surface area (Å²) in [7, 11) is 1.58. The monoisotopic (exact) mass is 283 g/mol. The van der Waals surface area contributed by atoms with Crippen LogP contribution in [-0.2, 0) is 11.3 Å². The third-order valence-corrected chi connectivity index (χ3v) is 3.58. The average molecular weight is 284 g/mol. The summed E-state index contributed by atoms with van der Waals surface area (Å²) in [6.45, 7) is 2.89. The Morgan fingerprint density at radius 2 is 2.42 bits per heavy atom. The zero-order valence-corrected chi connectivity index (χ0v) is 11.6. The molecule has 19 heavy (non-hydrogen) atoms. The van der Waals surface area contributed by atoms with E-state index in [1.807, 2.05) is 18.2 Å². The molecule has 0 aromatic heterocycles. The molecule has 0 aliphatic carbocycles. The minimum absolute atomic E-state index is 0.269. The number of methoxy groups -OCH3 is 1. The summed E-state index contributed by atoms with van der Waals surface area (Å²) in [6.07, 6.45) is 0. The van der Waals surface area contributed by atoms with Crippen LogP contribution in [0.3, 0.4) is 0 Å². The van der Waals surface area contributed by atoms with E-state index in [4.69, 9.17) is 22.1 Å². The van der Waals surface area contributed by atoms with Gasteiger partial charge in [0, 0.05) is 26.2 Å². The smallest absolute Gasteiger partial charge is 0.236 e. The molecule has 1 aromatic rings. The molecule has 104 valence electrons. The SMILES string of the molecule is COc1ccc(CN2CCNCC2C(N)=O)cc1Cl. The molecule has 1 amide bonds. The minimum atomic E-state index is -0.299. The van der Waals surface area contributed by atoms with Gasteiger partial charge in [-0.2, -0.15) is 0 Å². The number of primary amides is 1. The van der Waals surface area contributed by atoms with Crippen LogP contribution in [0, 0.1) is 0 Å². The van der Waals surface area contributed by atoms with Crippen LogP contribution in [0.5, 0.6) is 5.75 Å². The molecule has 1 aliphatic rings. The second kappa shape index (κ2) is 6.23. The Labute approximate surface area is 117 Å². The number of carbonyl (C=O) groups excluding carboxylic acids is 1. The van der Waals surface area contributed by atoms with E-state index >= 15 is 0 Å². The molecule has 1 unspecified atom stereocenters. The normalized spacial score (nSPS) is 20.2. The Balaban J connectivity index is 2.10. The number of amides is 1. The van der Waals surface area contributed by atoms with E-state index in [2.05, 4.69) is 10.2 Å². The second-order valence-electron chi connectivity index (χ2n) is 4.56. The number of rotatable bonds is 4. The number of carbonyl (C=O) groups is 1. The summed E-state index contributed by atoms with van der Waals surface area (Å²) in [5.74, 6) is 0.351. The van der Waals surface area contributed by atoms with Gasteiger partial charge in [0.15, 0.2) is 0 Å². The molecule has 1 fully saturated rings. The van der Waals surface area contributed by atoms with Gasteiger partial charge in [0.25, 0.3) is 0 Å². The van der Waals surface area contributed by atoms with Crippen LogP contribution in [0.15, 0.2) is 18.2 Å². The number of hydrogen-bond acceptors (Lipinski definition) is 4. The van der Waals surface area contributed by atoms with Crippen LogP contribution in [0.2, 0.25) is 5.02 Å². The number of benzene rings is 1. The minimum Gasteiger partial charge on any atom is -0.495 e. The fourth-order valence-corrected chi connectivity index (χ4v) is 2.54. The number of nitrogens with zero attached hydrogens (tertiary/aromatic N) is 1. The van der Waals surface area contributed by atoms with Crippen molar-refractivity contribution in [1.29, 1.82) is 0 Å². The third-order valence-electron chi connectivity index (χ3n) is 3.28. The van der Waals surface area contributed by atoms with Crippen molar-refractivity contribution < 1.29 is 9.53 Å². The number of nitrogens with one attached hydrogen (secondary N) is 1. The second-order valence-corrected chi connectivity index (χ2v) is 4.97. The van der Waals surface area contributed by atoms with Gasteiger partial charge in [0.1, 0.15) is 11.8 Å². The maximum Gasteiger partial charge on any atom is 0.236 e. The van der Waals surface area contributed by atoms with Crippen molar-refractivity contribution in [2.24, 2.45) is 5.73 Å². The van der Waals surface area contributed by atoms with Crippen LogP contribution < -0.4 is 15.8 Å². The molecule has 1 saturated heterocycles. The molecule has 1 heterocycles. The highest BCUT2D eigenvalue weighted by atomic mass is 35.5. The van der Waals surface area contributed by atoms with E-state index in [1.54, 1.807) is 7.11 Å². The molecule has 1 aliphatic heterocycles. The number of piperazine rings is 1. The molecule has 2 rings (SSSR count). The van der Waals surface area contributed by atoms with Crippen LogP contribution in [-0.4, -0.2) is 43.6 Å². The number of halogens is 1. The number of ether oxygens (including phenoxy) is 1. The van der Waals surface area contributed by atoms with Crippen molar-refractivity contribution in [3.8, 4) is 5.75 Å². The molecule has 6 heteroatoms. The fraction of sp³-hybridized carbons (Fsp3) is 0.462. The first kappa shape index (κ1) is 14.1. The number of nitrogens with two attached hydrogens (primary N) is 1. The Kier molecular flexibility index (Phi) is 4.63. The Morgan fingerprint density at radius 1 is 1.63 bits per heavy atom. The lowest BCUT2D eigenvalue weighted by Gasteiger charge is -2.34. The summed E-state index contributed by atoms with van der Waals surface area (Å²) < 4.78 is 5.12. The van der Waals surface area contributed by atoms with Crippen LogP contribution >= 0.6 is 11.6 Å². The molecule has 0 radical (unpaired) electrons. The van der Waals surface area contributed by atoms with Crippen LogP contribution in [0.1, 0.15) is 5.56 Å². The summed E-state index contributed by atoms with van der Waals surface area (Å²) in [5, 5.41) is 3.75. The molecule has 0 saturated carbocycles. The highest BCUT2D eigenvalue weighted by Gasteiger charge is 2.26. The van der Waals surface area contributed by atoms with E-state index in [1.165, 1.54) is 0 Å². The molecule has 1 aromatic carbocycles. The zero-order valence-electron chi connectivity index (χ0n) is 10.9. The Hall–Kier alpha value is -1.30. The largest absolute Gasteiger partial charge is 0.495 e. The standard InChI is InChI=1S/C13H18ClN3O2/c1-19-12-3-2-9(6-10(12)14)8-17-5-4-16-7-11(17)13(15)18/h2-3,6,11,16H,4-5,7-8H2,1H3,(H2,15,18). The maximum absolute atomic E-state index is 11.4. The van der Waals surface area contributed by atoms with Crippen LogP contribution in [0.25, 0.3) is 0 Å². The topological polar surface area (TPSA) is 67.6 Å². The Bertz CT molecular complexity index is 467. The Morgan fingerprint density at radius 3 is 3.05 bits per heavy atom. The first-order chi connectivity index (χ1) is 9.11. The first-order valence-electron chi connectivity index (χ1n) is 6.18. The lowest BCUT2D eigenvalue weighted by molar-refractivity contribution is -0.124. The summed E-state index contributed by atoms with van der Waals surface area (Å²) in [5.41, 5.74) is 6.46. The predicted molar refractivity (Wildman–Crippen MR) is 74.3 cm³/mol. The quantitative estimate of drug-likeness (QED) is 0.850. The van der Waals surface area contributed by atoms with Gasteiger partial charge in [-0.15, -0.1) is 0 Å². The van der Waals surface area contributed by atoms with E-state index in [-0.39, 0.29) is 11.9 Å². The van der Waals surface area contributed by atoms with E-state index in [9.17, 15) is 4.79 Å². The maximum atomic E-state index is 11.4. The lowest BCUT2D eigenvalue weighted by atomic mass is 10.1. The van der Waals surface area contributed by atoms with Gasteiger partial charge in [0.05, 0.1) is 12.1 Å². The van der Waals surface area contributed by atoms with Gasteiger partial charge >= 0.3 is 0 Å². The molecular weight excluding hydrogens is 266 g/mol. The van der Waals surface area contributed by atoms with Crippen molar-refractivity contribution in [2.45, 2.75) is 12.6 Å². The van der Waals surface area contributed by atoms with Crippen molar-refractivity contribution in [3.63, 3.8) is 0 Å². The number of hydrogen-bond donors (Lipinski definition) is 2. The molecular formula is C13H18ClN3O2. The molecule has 0 bridgehead atoms. The van der Waals surface area contributed by atoms with Gasteiger partial charge in [0.2, 0.25) is 5.91 Å². The van der Waals surface area contributed by atoms with Gasteiger partial charge in [-0.05, 0) is 17.7 Å². The first-order valence-corrected chi connectivity index (χ1v) is 6.56. The zero-order chi connectivity index (χ0) is 13.8. The highest BCUT2D eigenvalue weighted by molar-refractivity contribution is 6.32. The van der Waals surface area contributed by atoms with Gasteiger partial charge in [-0.1, -0.05) is 17.7 Å². The molecule has 1 atom stereocenters. The lowest BCUT2D eigenvalue weighted by Crippen LogP contribution is -2.56. The van der Waals surface area contributed by atoms with E-state index in [0.29, 0.717) is 23.9 Å². The van der Waals surface area contributed by atoms with Gasteiger partial charge < -0.3 is 15.8 Å². The van der Waals surface area contributed by atoms with Crippen molar-refractivity contribution in [3.05, 3.63) is 28.8 Å². The summed E-state index contributed by atoms with van der Waals surface area (Å²) in [6, 6.07) is 5.37. The predicted octanol–water partition coefficient (Wildman–Crippen LogP) is 0.608. The van der Waals surface area contributed by atoms with Crippen molar-refractivity contribution >= 4 is 17.5 Å².